The fourth-order valence-corrected chi connectivity index (χ4v) is 10.3. The van der Waals surface area contributed by atoms with Crippen LogP contribution in [0.5, 0.6) is 0 Å². The zero-order valence-electron chi connectivity index (χ0n) is 52.3. The fraction of sp³-hybridized carbons (Fsp3) is 0.209. The molecule has 7 aromatic heterocycles. The van der Waals surface area contributed by atoms with Crippen molar-refractivity contribution in [2.24, 2.45) is 0 Å². The summed E-state index contributed by atoms with van der Waals surface area (Å²) in [4.78, 5) is 35.6. The highest BCUT2D eigenvalue weighted by Gasteiger charge is 2.35. The number of rotatable bonds is 15. The van der Waals surface area contributed by atoms with Gasteiger partial charge in [0.2, 0.25) is 11.8 Å². The normalized spacial score (nSPS) is 12.3. The Bertz CT molecular complexity index is 4690. The highest BCUT2D eigenvalue weighted by atomic mass is 32.2. The quantitative estimate of drug-likeness (QED) is 0.0964. The van der Waals surface area contributed by atoms with Crippen LogP contribution in [0, 0.1) is 20.8 Å². The number of aromatic nitrogens is 13. The van der Waals surface area contributed by atoms with E-state index in [1.807, 2.05) is 106 Å². The average Bonchev–Trinajstić information content (AvgIpc) is 1.76. The Hall–Kier alpha value is -11.0. The SMILES string of the molecule is C=C(c1ccc(-c2cnc(C)c(-c3nnc(-c4cccc(N)n4)o3)n2)cc1)N(C)C.C=C(c1ccc(-c2cnc(C)c(-c3nnc(-c4ccccc4C(F)(F)F)o3)n2)cc1)N(C)C.Cc1ncc(-c2ccc(S(=O)(=O)C(C)C)cc2)nc1-c1nnc(C2=CCNCC2)o1.[HH].[HH].[HH].[HH].[HH].[HH]. The Kier molecular flexibility index (Phi) is 19.3. The molecule has 0 radical (unpaired) electrons. The Morgan fingerprint density at radius 1 is 0.559 bits per heavy atom. The third kappa shape index (κ3) is 14.9. The molecule has 1 aliphatic heterocycles. The van der Waals surface area contributed by atoms with Crippen molar-refractivity contribution in [2.45, 2.75) is 57.4 Å². The number of sulfone groups is 1. The Morgan fingerprint density at radius 2 is 0.989 bits per heavy atom. The van der Waals surface area contributed by atoms with Crippen LogP contribution in [0.25, 0.3) is 109 Å². The lowest BCUT2D eigenvalue weighted by Crippen LogP contribution is -2.20. The van der Waals surface area contributed by atoms with Crippen LogP contribution in [-0.4, -0.2) is 130 Å². The molecule has 486 valence electrons. The summed E-state index contributed by atoms with van der Waals surface area (Å²) >= 11 is 0. The van der Waals surface area contributed by atoms with Gasteiger partial charge in [-0.2, -0.15) is 13.2 Å². The molecule has 4 aromatic carbocycles. The lowest BCUT2D eigenvalue weighted by atomic mass is 10.1. The highest BCUT2D eigenvalue weighted by molar-refractivity contribution is 7.92. The van der Waals surface area contributed by atoms with Gasteiger partial charge in [0.1, 0.15) is 28.6 Å². The van der Waals surface area contributed by atoms with E-state index < -0.39 is 26.8 Å². The number of aryl methyl sites for hydroxylation is 3. The summed E-state index contributed by atoms with van der Waals surface area (Å²) in [7, 11) is 4.44. The molecule has 26 heteroatoms. The predicted molar refractivity (Wildman–Crippen MR) is 360 cm³/mol. The zero-order chi connectivity index (χ0) is 66.3. The van der Waals surface area contributed by atoms with Crippen molar-refractivity contribution < 1.29 is 43.4 Å². The lowest BCUT2D eigenvalue weighted by Gasteiger charge is -2.16. The van der Waals surface area contributed by atoms with E-state index in [4.69, 9.17) is 24.0 Å². The molecule has 0 unspecified atom stereocenters. The molecular formula is C67H76F3N17O5S. The number of nitrogens with two attached hydrogens (primary N) is 1. The van der Waals surface area contributed by atoms with Gasteiger partial charge in [0, 0.05) is 77.0 Å². The number of nitrogens with zero attached hydrogens (tertiary/aromatic N) is 15. The van der Waals surface area contributed by atoms with E-state index in [0.717, 1.165) is 70.4 Å². The van der Waals surface area contributed by atoms with Gasteiger partial charge in [0.05, 0.1) is 74.0 Å². The molecule has 0 aliphatic carbocycles. The van der Waals surface area contributed by atoms with E-state index in [2.05, 4.69) is 79.0 Å². The molecule has 3 N–H and O–H groups in total. The van der Waals surface area contributed by atoms with Gasteiger partial charge in [0.25, 0.3) is 23.6 Å². The van der Waals surface area contributed by atoms with Crippen LogP contribution in [0.4, 0.5) is 19.0 Å². The Labute approximate surface area is 543 Å². The average molecular weight is 1290 g/mol. The first kappa shape index (κ1) is 65.0. The molecule has 22 nitrogen and oxygen atoms in total. The van der Waals surface area contributed by atoms with E-state index in [1.165, 1.54) is 18.2 Å². The second-order valence-corrected chi connectivity index (χ2v) is 24.4. The van der Waals surface area contributed by atoms with Crippen molar-refractivity contribution in [3.8, 4) is 91.6 Å². The fourth-order valence-electron chi connectivity index (χ4n) is 9.25. The number of halogens is 3. The first-order valence-corrected chi connectivity index (χ1v) is 30.6. The molecule has 93 heavy (non-hydrogen) atoms. The van der Waals surface area contributed by atoms with E-state index >= 15 is 0 Å². The van der Waals surface area contributed by atoms with Gasteiger partial charge in [0.15, 0.2) is 9.84 Å². The molecule has 0 bridgehead atoms. The van der Waals surface area contributed by atoms with E-state index in [1.54, 1.807) is 81.8 Å². The third-order valence-electron chi connectivity index (χ3n) is 14.7. The monoisotopic (exact) mass is 1290 g/mol. The summed E-state index contributed by atoms with van der Waals surface area (Å²) < 4.78 is 82.0. The van der Waals surface area contributed by atoms with Crippen LogP contribution in [0.2, 0.25) is 0 Å². The number of hydrogen-bond donors (Lipinski definition) is 2. The van der Waals surface area contributed by atoms with Crippen LogP contribution < -0.4 is 11.1 Å². The minimum atomic E-state index is -4.55. The molecule has 0 atom stereocenters. The van der Waals surface area contributed by atoms with Gasteiger partial charge in [-0.25, -0.2) is 28.4 Å². The molecule has 1 aliphatic rings. The Balaban J connectivity index is 0.000000306. The van der Waals surface area contributed by atoms with Gasteiger partial charge in [-0.3, -0.25) is 15.0 Å². The van der Waals surface area contributed by atoms with Crippen molar-refractivity contribution in [3.63, 3.8) is 0 Å². The first-order valence-electron chi connectivity index (χ1n) is 29.0. The van der Waals surface area contributed by atoms with Crippen molar-refractivity contribution in [3.05, 3.63) is 193 Å². The number of alkyl halides is 3. The number of benzene rings is 4. The number of nitrogen functional groups attached to an aromatic ring is 1. The minimum absolute atomic E-state index is 0. The van der Waals surface area contributed by atoms with Crippen LogP contribution in [0.3, 0.4) is 0 Å². The van der Waals surface area contributed by atoms with Crippen molar-refractivity contribution >= 4 is 32.6 Å². The van der Waals surface area contributed by atoms with E-state index in [9.17, 15) is 21.6 Å². The van der Waals surface area contributed by atoms with Crippen LogP contribution in [0.15, 0.2) is 171 Å². The molecule has 0 saturated heterocycles. The summed E-state index contributed by atoms with van der Waals surface area (Å²) in [6, 6.07) is 32.6. The maximum Gasteiger partial charge on any atom is 0.417 e. The second-order valence-electron chi connectivity index (χ2n) is 21.9. The molecule has 8 heterocycles. The second kappa shape index (κ2) is 27.6. The number of pyridine rings is 1. The lowest BCUT2D eigenvalue weighted by molar-refractivity contribution is -0.137. The van der Waals surface area contributed by atoms with Crippen molar-refractivity contribution in [1.82, 2.24) is 80.6 Å². The molecule has 0 amide bonds. The molecule has 0 saturated carbocycles. The van der Waals surface area contributed by atoms with Crippen LogP contribution >= 0.6 is 0 Å². The first-order chi connectivity index (χ1) is 44.4. The predicted octanol–water partition coefficient (Wildman–Crippen LogP) is 13.9. The number of anilines is 1. The topological polar surface area (TPSA) is 286 Å². The smallest absolute Gasteiger partial charge is 0.415 e. The maximum atomic E-state index is 13.4. The molecular weight excluding hydrogens is 1210 g/mol. The minimum Gasteiger partial charge on any atom is -0.415 e. The van der Waals surface area contributed by atoms with Gasteiger partial charge in [-0.1, -0.05) is 98.1 Å². The molecule has 0 spiro atoms. The Morgan fingerprint density at radius 3 is 1.43 bits per heavy atom. The molecule has 0 fully saturated rings. The largest absolute Gasteiger partial charge is 0.417 e. The maximum absolute atomic E-state index is 13.4. The van der Waals surface area contributed by atoms with Gasteiger partial charge >= 0.3 is 6.18 Å². The van der Waals surface area contributed by atoms with Gasteiger partial charge in [-0.05, 0) is 95.1 Å². The molecule has 12 rings (SSSR count). The zero-order valence-corrected chi connectivity index (χ0v) is 53.1. The summed E-state index contributed by atoms with van der Waals surface area (Å²) in [6.07, 6.45) is 3.32. The van der Waals surface area contributed by atoms with Crippen molar-refractivity contribution in [2.75, 3.05) is 47.0 Å². The highest BCUT2D eigenvalue weighted by Crippen LogP contribution is 2.38. The van der Waals surface area contributed by atoms with E-state index in [-0.39, 0.29) is 37.7 Å². The van der Waals surface area contributed by atoms with Gasteiger partial charge < -0.3 is 34.1 Å². The van der Waals surface area contributed by atoms with Crippen LogP contribution in [0.1, 0.15) is 68.5 Å². The standard InChI is InChI=1S/C24H20F3N5O.C22H21N7O.C21H23N5O3S.6H2/c1-14-21(23-31-30-22(33-23)18-7-5-6-8-19(18)24(25,26)27)29-20(13-28-14)17-11-9-16(10-12-17)15(2)32(3)4;1-13-20(22-28-27-21(30-22)17-6-5-7-19(23)25-17)26-18(12-24-13)16-10-8-15(9-11-16)14(2)29(3)4;1-13(2)30(27,28)17-6-4-15(5-7-17)18-12-23-14(3)19(24-18)21-26-25-20(29-21)16-8-10-22-11-9-16;;;;;;/h5-13H,2H2,1,3-4H3;5-12H,2H2,1,3-4H3,(H2,23,25);4-8,12-13,22H,9-11H2,1-3H3;6*1H. The van der Waals surface area contributed by atoms with Crippen LogP contribution in [-0.2, 0) is 16.0 Å². The summed E-state index contributed by atoms with van der Waals surface area (Å²) in [5.74, 6) is 1.50. The summed E-state index contributed by atoms with van der Waals surface area (Å²) in [6.45, 7) is 18.5. The molecule has 11 aromatic rings. The third-order valence-corrected chi connectivity index (χ3v) is 16.9. The number of hydrogen-bond acceptors (Lipinski definition) is 22. The van der Waals surface area contributed by atoms with Gasteiger partial charge in [-0.15, -0.1) is 30.6 Å². The summed E-state index contributed by atoms with van der Waals surface area (Å²) in [5.41, 5.74) is 17.6. The van der Waals surface area contributed by atoms with E-state index in [0.29, 0.717) is 79.4 Å². The summed E-state index contributed by atoms with van der Waals surface area (Å²) in [5, 5.41) is 27.1. The number of nitrogens with one attached hydrogen (secondary N) is 1. The van der Waals surface area contributed by atoms with Crippen molar-refractivity contribution in [1.29, 1.82) is 0 Å².